The maximum atomic E-state index is 14.8. The third kappa shape index (κ3) is 4.86. The number of carbonyl (C=O) groups excluding carboxylic acids is 1. The van der Waals surface area contributed by atoms with Crippen molar-refractivity contribution in [2.75, 3.05) is 32.0 Å². The molecule has 164 valence electrons. The lowest BCUT2D eigenvalue weighted by Crippen LogP contribution is -2.41. The summed E-state index contributed by atoms with van der Waals surface area (Å²) in [6.45, 7) is 8.97. The van der Waals surface area contributed by atoms with Crippen molar-refractivity contribution >= 4 is 18.4 Å². The van der Waals surface area contributed by atoms with Gasteiger partial charge < -0.3 is 9.46 Å². The monoisotopic (exact) mass is 441 g/mol. The highest BCUT2D eigenvalue weighted by molar-refractivity contribution is 7.71. The van der Waals surface area contributed by atoms with Crippen LogP contribution in [0.1, 0.15) is 26.3 Å². The van der Waals surface area contributed by atoms with E-state index in [4.69, 9.17) is 0 Å². The van der Waals surface area contributed by atoms with Gasteiger partial charge in [-0.2, -0.15) is 5.11 Å². The molecule has 2 heterocycles. The smallest absolute Gasteiger partial charge is 0.275 e. The van der Waals surface area contributed by atoms with E-state index >= 15 is 0 Å². The van der Waals surface area contributed by atoms with Crippen LogP contribution in [0.5, 0.6) is 0 Å². The molecule has 1 unspecified atom stereocenters. The van der Waals surface area contributed by atoms with E-state index < -0.39 is 18.9 Å². The van der Waals surface area contributed by atoms with Gasteiger partial charge in [-0.15, -0.1) is 5.11 Å². The minimum Gasteiger partial charge on any atom is -0.318 e. The molecular weight excluding hydrogens is 412 g/mol. The van der Waals surface area contributed by atoms with Crippen LogP contribution in [-0.2, 0) is 15.8 Å². The van der Waals surface area contributed by atoms with E-state index in [1.807, 2.05) is 24.3 Å². The molecule has 0 radical (unpaired) electrons. The summed E-state index contributed by atoms with van der Waals surface area (Å²) in [4.78, 5) is 14.3. The molecule has 3 aliphatic rings. The standard InChI is InChI=1S/C24H29FN3O2P/c1-24(2,3)16-28-10-12-31(30,13-11-28)22-15-17(8-9-20(22)25)14-21-18-6-4-5-7-19(18)23(29)27-26-21/h4-9,15,19H,10-14,16H2,1-3H3. The van der Waals surface area contributed by atoms with Crippen LogP contribution in [-0.4, -0.2) is 42.8 Å². The number of hydrogen-bond acceptors (Lipinski definition) is 4. The number of benzene rings is 1. The second-order valence-electron chi connectivity index (χ2n) is 9.80. The summed E-state index contributed by atoms with van der Waals surface area (Å²) in [7, 11) is -2.79. The van der Waals surface area contributed by atoms with Crippen molar-refractivity contribution in [2.45, 2.75) is 27.2 Å². The van der Waals surface area contributed by atoms with Crippen molar-refractivity contribution in [3.8, 4) is 0 Å². The molecular formula is C24H29FN3O2P. The van der Waals surface area contributed by atoms with Gasteiger partial charge in [0, 0.05) is 43.7 Å². The van der Waals surface area contributed by atoms with Crippen LogP contribution in [0, 0.1) is 17.2 Å². The van der Waals surface area contributed by atoms with Gasteiger partial charge >= 0.3 is 0 Å². The second kappa shape index (κ2) is 8.40. The van der Waals surface area contributed by atoms with Crippen molar-refractivity contribution in [1.29, 1.82) is 0 Å². The zero-order valence-electron chi connectivity index (χ0n) is 18.3. The first-order valence-corrected chi connectivity index (χ1v) is 12.9. The molecule has 0 spiro atoms. The molecule has 1 fully saturated rings. The van der Waals surface area contributed by atoms with E-state index in [9.17, 15) is 13.8 Å². The predicted molar refractivity (Wildman–Crippen MR) is 122 cm³/mol. The number of azo groups is 1. The Morgan fingerprint density at radius 3 is 2.61 bits per heavy atom. The third-order valence-electron chi connectivity index (χ3n) is 5.97. The van der Waals surface area contributed by atoms with Gasteiger partial charge in [0.05, 0.1) is 11.6 Å². The average molecular weight is 441 g/mol. The highest BCUT2D eigenvalue weighted by Gasteiger charge is 2.34. The van der Waals surface area contributed by atoms with Gasteiger partial charge in [0.25, 0.3) is 5.91 Å². The SMILES string of the molecule is CC(C)(C)CN1CCP(=O)(c2cc(CC3=C4C=CC=CC4C(=O)N=N3)ccc2F)CC1. The summed E-state index contributed by atoms with van der Waals surface area (Å²) in [6.07, 6.45) is 8.83. The Balaban J connectivity index is 1.55. The van der Waals surface area contributed by atoms with E-state index in [1.165, 1.54) is 6.07 Å². The molecule has 1 saturated heterocycles. The number of fused-ring (bicyclic) bond motifs is 1. The van der Waals surface area contributed by atoms with Crippen LogP contribution in [0.25, 0.3) is 0 Å². The van der Waals surface area contributed by atoms with Gasteiger partial charge in [-0.25, -0.2) is 4.39 Å². The lowest BCUT2D eigenvalue weighted by Gasteiger charge is -2.36. The fourth-order valence-corrected chi connectivity index (χ4v) is 7.26. The van der Waals surface area contributed by atoms with Crippen molar-refractivity contribution < 1.29 is 13.8 Å². The maximum absolute atomic E-state index is 14.8. The summed E-state index contributed by atoms with van der Waals surface area (Å²) in [5.74, 6) is -1.07. The Labute approximate surface area is 183 Å². The van der Waals surface area contributed by atoms with Crippen molar-refractivity contribution in [3.05, 3.63) is 65.2 Å². The average Bonchev–Trinajstić information content (AvgIpc) is 2.72. The first-order chi connectivity index (χ1) is 14.6. The van der Waals surface area contributed by atoms with Crippen LogP contribution < -0.4 is 5.30 Å². The summed E-state index contributed by atoms with van der Waals surface area (Å²) >= 11 is 0. The highest BCUT2D eigenvalue weighted by Crippen LogP contribution is 2.47. The van der Waals surface area contributed by atoms with Gasteiger partial charge in [-0.05, 0) is 28.7 Å². The van der Waals surface area contributed by atoms with Crippen LogP contribution in [0.15, 0.2) is 64.0 Å². The molecule has 1 aromatic rings. The zero-order chi connectivity index (χ0) is 22.2. The van der Waals surface area contributed by atoms with Crippen LogP contribution in [0.4, 0.5) is 4.39 Å². The van der Waals surface area contributed by atoms with E-state index in [2.05, 4.69) is 35.9 Å². The van der Waals surface area contributed by atoms with E-state index in [-0.39, 0.29) is 11.3 Å². The van der Waals surface area contributed by atoms with Crippen LogP contribution in [0.3, 0.4) is 0 Å². The fourth-order valence-electron chi connectivity index (χ4n) is 4.47. The molecule has 1 aromatic carbocycles. The molecule has 0 N–H and O–H groups in total. The Morgan fingerprint density at radius 1 is 1.16 bits per heavy atom. The van der Waals surface area contributed by atoms with Crippen molar-refractivity contribution in [3.63, 3.8) is 0 Å². The Morgan fingerprint density at radius 2 is 1.90 bits per heavy atom. The van der Waals surface area contributed by atoms with Crippen LogP contribution in [0.2, 0.25) is 0 Å². The quantitative estimate of drug-likeness (QED) is 0.636. The van der Waals surface area contributed by atoms with Gasteiger partial charge in [-0.1, -0.05) is 51.1 Å². The number of hydrogen-bond donors (Lipinski definition) is 0. The van der Waals surface area contributed by atoms with E-state index in [0.717, 1.165) is 30.8 Å². The normalized spacial score (nSPS) is 23.4. The summed E-state index contributed by atoms with van der Waals surface area (Å²) in [5.41, 5.74) is 2.54. The predicted octanol–water partition coefficient (Wildman–Crippen LogP) is 4.71. The fraction of sp³-hybridized carbons (Fsp3) is 0.458. The van der Waals surface area contributed by atoms with E-state index in [0.29, 0.717) is 29.7 Å². The molecule has 0 aromatic heterocycles. The number of carbonyl (C=O) groups is 1. The maximum Gasteiger partial charge on any atom is 0.275 e. The molecule has 1 amide bonds. The number of halogens is 1. The lowest BCUT2D eigenvalue weighted by atomic mass is 9.89. The zero-order valence-corrected chi connectivity index (χ0v) is 19.2. The number of nitrogens with zero attached hydrogens (tertiary/aromatic N) is 3. The minimum atomic E-state index is -2.79. The molecule has 2 aliphatic heterocycles. The Bertz CT molecular complexity index is 1050. The van der Waals surface area contributed by atoms with Crippen LogP contribution >= 0.6 is 7.14 Å². The topological polar surface area (TPSA) is 62.1 Å². The molecule has 5 nitrogen and oxygen atoms in total. The minimum absolute atomic E-state index is 0.179. The number of allylic oxidation sites excluding steroid dienone is 4. The largest absolute Gasteiger partial charge is 0.318 e. The molecule has 1 atom stereocenters. The Kier molecular flexibility index (Phi) is 5.97. The molecule has 0 bridgehead atoms. The van der Waals surface area contributed by atoms with Gasteiger partial charge in [0.15, 0.2) is 0 Å². The summed E-state index contributed by atoms with van der Waals surface area (Å²) < 4.78 is 28.5. The molecule has 1 aliphatic carbocycles. The van der Waals surface area contributed by atoms with Crippen molar-refractivity contribution in [2.24, 2.45) is 21.6 Å². The summed E-state index contributed by atoms with van der Waals surface area (Å²) in [6, 6.07) is 4.86. The second-order valence-corrected chi connectivity index (χ2v) is 13.0. The first kappa shape index (κ1) is 22.0. The Hall–Kier alpha value is -2.17. The first-order valence-electron chi connectivity index (χ1n) is 10.8. The highest BCUT2D eigenvalue weighted by atomic mass is 31.2. The summed E-state index contributed by atoms with van der Waals surface area (Å²) in [5, 5.41) is 8.25. The molecule has 4 rings (SSSR count). The molecule has 0 saturated carbocycles. The van der Waals surface area contributed by atoms with Gasteiger partial charge in [0.1, 0.15) is 13.0 Å². The van der Waals surface area contributed by atoms with Gasteiger partial charge in [0.2, 0.25) is 0 Å². The number of amides is 1. The molecule has 7 heteroatoms. The van der Waals surface area contributed by atoms with Crippen molar-refractivity contribution in [1.82, 2.24) is 4.90 Å². The lowest BCUT2D eigenvalue weighted by molar-refractivity contribution is -0.120. The number of rotatable bonds is 4. The third-order valence-corrected chi connectivity index (χ3v) is 9.03. The van der Waals surface area contributed by atoms with Gasteiger partial charge in [-0.3, -0.25) is 4.79 Å². The molecule has 31 heavy (non-hydrogen) atoms. The van der Waals surface area contributed by atoms with E-state index in [1.54, 1.807) is 12.1 Å².